The third kappa shape index (κ3) is 6.92. The van der Waals surface area contributed by atoms with Crippen LogP contribution in [0.15, 0.2) is 0 Å². The first kappa shape index (κ1) is 16.4. The summed E-state index contributed by atoms with van der Waals surface area (Å²) in [5.41, 5.74) is -0.400. The molecule has 2 atom stereocenters. The van der Waals surface area contributed by atoms with Gasteiger partial charge in [0.1, 0.15) is 5.60 Å². The van der Waals surface area contributed by atoms with Crippen LogP contribution in [0, 0.1) is 11.8 Å². The highest BCUT2D eigenvalue weighted by Gasteiger charge is 2.24. The Balaban J connectivity index is 2.14. The quantitative estimate of drug-likeness (QED) is 0.574. The summed E-state index contributed by atoms with van der Waals surface area (Å²) in [5, 5.41) is 12.7. The van der Waals surface area contributed by atoms with Crippen molar-refractivity contribution in [2.75, 3.05) is 19.7 Å². The van der Waals surface area contributed by atoms with Crippen LogP contribution in [0.2, 0.25) is 0 Å². The second kappa shape index (κ2) is 7.85. The molecule has 0 amide bonds. The number of ether oxygens (including phenoxy) is 1. The van der Waals surface area contributed by atoms with E-state index in [4.69, 9.17) is 4.74 Å². The zero-order valence-electron chi connectivity index (χ0n) is 12.6. The molecule has 1 fully saturated rings. The predicted molar refractivity (Wildman–Crippen MR) is 75.9 cm³/mol. The lowest BCUT2D eigenvalue weighted by molar-refractivity contribution is -0.154. The van der Waals surface area contributed by atoms with Crippen molar-refractivity contribution in [1.82, 2.24) is 5.32 Å². The maximum Gasteiger partial charge on any atom is 0.307 e. The molecule has 1 rings (SSSR count). The third-order valence-corrected chi connectivity index (χ3v) is 3.63. The molecule has 1 aliphatic rings. The first-order valence-electron chi connectivity index (χ1n) is 7.46. The fraction of sp³-hybridized carbons (Fsp3) is 0.933. The van der Waals surface area contributed by atoms with E-state index in [9.17, 15) is 9.90 Å². The molecule has 4 heteroatoms. The van der Waals surface area contributed by atoms with Crippen molar-refractivity contribution in [3.05, 3.63) is 0 Å². The van der Waals surface area contributed by atoms with Gasteiger partial charge in [0.15, 0.2) is 0 Å². The lowest BCUT2D eigenvalue weighted by atomic mass is 9.79. The number of carbonyl (C=O) groups excluding carboxylic acids is 1. The molecule has 0 aliphatic heterocycles. The minimum Gasteiger partial charge on any atom is -0.460 e. The molecule has 0 spiro atoms. The number of hydrogen-bond acceptors (Lipinski definition) is 4. The first-order chi connectivity index (χ1) is 8.92. The van der Waals surface area contributed by atoms with Gasteiger partial charge in [-0.25, -0.2) is 0 Å². The van der Waals surface area contributed by atoms with Gasteiger partial charge in [-0.1, -0.05) is 12.8 Å². The standard InChI is InChI=1S/C15H29NO3/c1-15(2,3)19-14(18)8-9-16-10-12-6-4-5-7-13(12)11-17/h12-13,16-17H,4-11H2,1-3H3. The van der Waals surface area contributed by atoms with Crippen LogP contribution < -0.4 is 5.32 Å². The molecule has 2 N–H and O–H groups in total. The van der Waals surface area contributed by atoms with E-state index < -0.39 is 5.60 Å². The van der Waals surface area contributed by atoms with Crippen LogP contribution in [0.5, 0.6) is 0 Å². The van der Waals surface area contributed by atoms with E-state index in [2.05, 4.69) is 5.32 Å². The van der Waals surface area contributed by atoms with Crippen molar-refractivity contribution in [2.45, 2.75) is 58.5 Å². The van der Waals surface area contributed by atoms with Crippen molar-refractivity contribution in [2.24, 2.45) is 11.8 Å². The minimum absolute atomic E-state index is 0.151. The van der Waals surface area contributed by atoms with E-state index in [0.29, 0.717) is 31.4 Å². The average molecular weight is 271 g/mol. The van der Waals surface area contributed by atoms with E-state index in [0.717, 1.165) is 13.0 Å². The Kier molecular flexibility index (Phi) is 6.80. The van der Waals surface area contributed by atoms with Crippen LogP contribution in [0.1, 0.15) is 52.9 Å². The van der Waals surface area contributed by atoms with Crippen LogP contribution >= 0.6 is 0 Å². The van der Waals surface area contributed by atoms with E-state index in [1.807, 2.05) is 20.8 Å². The molecule has 4 nitrogen and oxygen atoms in total. The second-order valence-corrected chi connectivity index (χ2v) is 6.53. The SMILES string of the molecule is CC(C)(C)OC(=O)CCNCC1CCCCC1CO. The van der Waals surface area contributed by atoms with Gasteiger partial charge in [0, 0.05) is 13.2 Å². The summed E-state index contributed by atoms with van der Waals surface area (Å²) in [4.78, 5) is 11.5. The van der Waals surface area contributed by atoms with Crippen molar-refractivity contribution in [1.29, 1.82) is 0 Å². The summed E-state index contributed by atoms with van der Waals surface area (Å²) in [7, 11) is 0. The van der Waals surface area contributed by atoms with E-state index in [-0.39, 0.29) is 5.97 Å². The summed E-state index contributed by atoms with van der Waals surface area (Å²) in [6.45, 7) is 7.49. The lowest BCUT2D eigenvalue weighted by Crippen LogP contribution is -2.34. The summed E-state index contributed by atoms with van der Waals surface area (Å²) in [6, 6.07) is 0. The zero-order chi connectivity index (χ0) is 14.3. The lowest BCUT2D eigenvalue weighted by Gasteiger charge is -2.30. The maximum atomic E-state index is 11.5. The molecule has 0 aromatic rings. The second-order valence-electron chi connectivity index (χ2n) is 6.53. The largest absolute Gasteiger partial charge is 0.460 e. The Morgan fingerprint density at radius 1 is 1.26 bits per heavy atom. The predicted octanol–water partition coefficient (Wildman–Crippen LogP) is 2.11. The Morgan fingerprint density at radius 2 is 1.89 bits per heavy atom. The van der Waals surface area contributed by atoms with Crippen LogP contribution in [0.3, 0.4) is 0 Å². The highest BCUT2D eigenvalue weighted by Crippen LogP contribution is 2.28. The van der Waals surface area contributed by atoms with Crippen molar-refractivity contribution >= 4 is 5.97 Å². The van der Waals surface area contributed by atoms with Gasteiger partial charge in [-0.05, 0) is 52.0 Å². The topological polar surface area (TPSA) is 58.6 Å². The van der Waals surface area contributed by atoms with Gasteiger partial charge in [0.25, 0.3) is 0 Å². The Labute approximate surface area is 116 Å². The summed E-state index contributed by atoms with van der Waals surface area (Å²) >= 11 is 0. The smallest absolute Gasteiger partial charge is 0.307 e. The van der Waals surface area contributed by atoms with Gasteiger partial charge in [-0.2, -0.15) is 0 Å². The summed E-state index contributed by atoms with van der Waals surface area (Å²) in [6.07, 6.45) is 5.22. The van der Waals surface area contributed by atoms with Gasteiger partial charge in [-0.15, -0.1) is 0 Å². The molecule has 2 unspecified atom stereocenters. The molecule has 0 aromatic heterocycles. The van der Waals surface area contributed by atoms with Crippen LogP contribution in [0.4, 0.5) is 0 Å². The fourth-order valence-corrected chi connectivity index (χ4v) is 2.66. The van der Waals surface area contributed by atoms with Crippen LogP contribution in [0.25, 0.3) is 0 Å². The number of carbonyl (C=O) groups is 1. The maximum absolute atomic E-state index is 11.5. The summed E-state index contributed by atoms with van der Waals surface area (Å²) < 4.78 is 5.25. The molecule has 0 radical (unpaired) electrons. The number of rotatable bonds is 6. The molecule has 0 saturated heterocycles. The van der Waals surface area contributed by atoms with E-state index in [1.165, 1.54) is 19.3 Å². The molecule has 1 aliphatic carbocycles. The van der Waals surface area contributed by atoms with Crippen LogP contribution in [-0.4, -0.2) is 36.4 Å². The number of nitrogens with one attached hydrogen (secondary N) is 1. The van der Waals surface area contributed by atoms with Crippen molar-refractivity contribution < 1.29 is 14.6 Å². The Morgan fingerprint density at radius 3 is 2.47 bits per heavy atom. The number of esters is 1. The van der Waals surface area contributed by atoms with Gasteiger partial charge in [-0.3, -0.25) is 4.79 Å². The highest BCUT2D eigenvalue weighted by atomic mass is 16.6. The molecule has 19 heavy (non-hydrogen) atoms. The van der Waals surface area contributed by atoms with Crippen LogP contribution in [-0.2, 0) is 9.53 Å². The third-order valence-electron chi connectivity index (χ3n) is 3.63. The van der Waals surface area contributed by atoms with Gasteiger partial charge < -0.3 is 15.2 Å². The van der Waals surface area contributed by atoms with Gasteiger partial charge in [0.2, 0.25) is 0 Å². The summed E-state index contributed by atoms with van der Waals surface area (Å²) in [5.74, 6) is 0.836. The molecule has 0 bridgehead atoms. The monoisotopic (exact) mass is 271 g/mol. The Bertz CT molecular complexity index is 273. The molecule has 0 aromatic carbocycles. The number of aliphatic hydroxyl groups is 1. The Hall–Kier alpha value is -0.610. The number of hydrogen-bond donors (Lipinski definition) is 2. The molecule has 112 valence electrons. The first-order valence-corrected chi connectivity index (χ1v) is 7.46. The normalized spacial score (nSPS) is 24.2. The minimum atomic E-state index is -0.400. The average Bonchev–Trinajstić information content (AvgIpc) is 2.33. The zero-order valence-corrected chi connectivity index (χ0v) is 12.6. The van der Waals surface area contributed by atoms with Crippen molar-refractivity contribution in [3.63, 3.8) is 0 Å². The van der Waals surface area contributed by atoms with Gasteiger partial charge >= 0.3 is 5.97 Å². The molecule has 0 heterocycles. The van der Waals surface area contributed by atoms with E-state index >= 15 is 0 Å². The molecule has 1 saturated carbocycles. The fourth-order valence-electron chi connectivity index (χ4n) is 2.66. The highest BCUT2D eigenvalue weighted by molar-refractivity contribution is 5.70. The number of aliphatic hydroxyl groups excluding tert-OH is 1. The van der Waals surface area contributed by atoms with Gasteiger partial charge in [0.05, 0.1) is 6.42 Å². The van der Waals surface area contributed by atoms with E-state index in [1.54, 1.807) is 0 Å². The molecular formula is C15H29NO3. The molecular weight excluding hydrogens is 242 g/mol. The van der Waals surface area contributed by atoms with Crippen molar-refractivity contribution in [3.8, 4) is 0 Å².